The highest BCUT2D eigenvalue weighted by molar-refractivity contribution is 5.76. The summed E-state index contributed by atoms with van der Waals surface area (Å²) in [5.41, 5.74) is 2.13. The van der Waals surface area contributed by atoms with E-state index in [1.807, 2.05) is 49.4 Å². The minimum atomic E-state index is -0.515. The Morgan fingerprint density at radius 3 is 2.33 bits per heavy atom. The van der Waals surface area contributed by atoms with Gasteiger partial charge in [-0.25, -0.2) is 0 Å². The Balaban J connectivity index is 1.86. The van der Waals surface area contributed by atoms with Crippen LogP contribution in [0, 0.1) is 0 Å². The van der Waals surface area contributed by atoms with Crippen LogP contribution in [-0.2, 0) is 27.1 Å². The summed E-state index contributed by atoms with van der Waals surface area (Å²) in [6.07, 6.45) is 1.02. The quantitative estimate of drug-likeness (QED) is 0.468. The average Bonchev–Trinajstić information content (AvgIpc) is 2.73. The van der Waals surface area contributed by atoms with Crippen molar-refractivity contribution >= 4 is 5.91 Å². The minimum Gasteiger partial charge on any atom is -0.508 e. The Bertz CT molecular complexity index is 733. The summed E-state index contributed by atoms with van der Waals surface area (Å²) in [6, 6.07) is 16.7. The van der Waals surface area contributed by atoms with Gasteiger partial charge in [0.15, 0.2) is 0 Å². The van der Waals surface area contributed by atoms with E-state index in [4.69, 9.17) is 9.47 Å². The molecule has 0 heterocycles. The lowest BCUT2D eigenvalue weighted by Crippen LogP contribution is -2.40. The van der Waals surface area contributed by atoms with Gasteiger partial charge < -0.3 is 25.0 Å². The Morgan fingerprint density at radius 1 is 0.967 bits per heavy atom. The number of phenolic OH excluding ortho intramolecular Hbond substituents is 1. The molecular formula is C24H33NO5. The Labute approximate surface area is 178 Å². The molecule has 0 saturated heterocycles. The second kappa shape index (κ2) is 13.0. The Hall–Kier alpha value is -2.41. The number of aryl methyl sites for hydroxylation is 1. The average molecular weight is 416 g/mol. The molecule has 0 aliphatic heterocycles. The third kappa shape index (κ3) is 9.87. The van der Waals surface area contributed by atoms with Crippen molar-refractivity contribution in [2.75, 3.05) is 19.8 Å². The fourth-order valence-corrected chi connectivity index (χ4v) is 3.00. The van der Waals surface area contributed by atoms with Crippen molar-refractivity contribution in [1.82, 2.24) is 5.32 Å². The molecule has 0 aliphatic carbocycles. The zero-order valence-electron chi connectivity index (χ0n) is 17.8. The molecule has 0 fully saturated rings. The highest BCUT2D eigenvalue weighted by atomic mass is 16.5. The number of aliphatic hydroxyl groups is 1. The molecule has 0 spiro atoms. The normalized spacial score (nSPS) is 14.1. The van der Waals surface area contributed by atoms with E-state index >= 15 is 0 Å². The van der Waals surface area contributed by atoms with Crippen LogP contribution in [0.1, 0.15) is 31.4 Å². The number of hydrogen-bond acceptors (Lipinski definition) is 5. The lowest BCUT2D eigenvalue weighted by atomic mass is 10.1. The summed E-state index contributed by atoms with van der Waals surface area (Å²) in [5.74, 6) is 0.187. The second-order valence-corrected chi connectivity index (χ2v) is 7.65. The maximum Gasteiger partial charge on any atom is 0.220 e. The van der Waals surface area contributed by atoms with Crippen LogP contribution < -0.4 is 5.32 Å². The van der Waals surface area contributed by atoms with Crippen molar-refractivity contribution in [3.63, 3.8) is 0 Å². The van der Waals surface area contributed by atoms with E-state index in [0.717, 1.165) is 11.1 Å². The van der Waals surface area contributed by atoms with Gasteiger partial charge in [-0.1, -0.05) is 42.5 Å². The van der Waals surface area contributed by atoms with Crippen LogP contribution in [0.15, 0.2) is 54.6 Å². The maximum atomic E-state index is 12.5. The van der Waals surface area contributed by atoms with Crippen molar-refractivity contribution in [2.45, 2.75) is 51.4 Å². The number of hydrogen-bond donors (Lipinski definition) is 3. The highest BCUT2D eigenvalue weighted by Crippen LogP contribution is 2.12. The van der Waals surface area contributed by atoms with Crippen molar-refractivity contribution in [2.24, 2.45) is 0 Å². The molecule has 1 unspecified atom stereocenters. The topological polar surface area (TPSA) is 88.0 Å². The molecule has 0 saturated carbocycles. The minimum absolute atomic E-state index is 0.0235. The number of carbonyl (C=O) groups excluding carboxylic acids is 1. The summed E-state index contributed by atoms with van der Waals surface area (Å²) >= 11 is 0. The van der Waals surface area contributed by atoms with Crippen LogP contribution in [0.25, 0.3) is 0 Å². The van der Waals surface area contributed by atoms with Gasteiger partial charge in [-0.05, 0) is 49.9 Å². The van der Waals surface area contributed by atoms with Gasteiger partial charge in [-0.2, -0.15) is 0 Å². The molecule has 1 amide bonds. The molecule has 30 heavy (non-hydrogen) atoms. The molecule has 0 radical (unpaired) electrons. The highest BCUT2D eigenvalue weighted by Gasteiger charge is 2.15. The molecule has 3 atom stereocenters. The third-order valence-corrected chi connectivity index (χ3v) is 4.56. The molecule has 2 rings (SSSR count). The second-order valence-electron chi connectivity index (χ2n) is 7.65. The number of aromatic hydroxyl groups is 1. The zero-order valence-corrected chi connectivity index (χ0v) is 17.8. The summed E-state index contributed by atoms with van der Waals surface area (Å²) in [5, 5.41) is 21.8. The smallest absolute Gasteiger partial charge is 0.220 e. The monoisotopic (exact) mass is 415 g/mol. The number of amides is 1. The maximum absolute atomic E-state index is 12.5. The van der Waals surface area contributed by atoms with Gasteiger partial charge >= 0.3 is 0 Å². The first-order chi connectivity index (χ1) is 14.4. The lowest BCUT2D eigenvalue weighted by molar-refractivity contribution is -0.122. The number of carbonyl (C=O) groups is 1. The van der Waals surface area contributed by atoms with Crippen molar-refractivity contribution < 1.29 is 24.5 Å². The van der Waals surface area contributed by atoms with Gasteiger partial charge in [0, 0.05) is 6.42 Å². The van der Waals surface area contributed by atoms with Crippen LogP contribution in [0.4, 0.5) is 0 Å². The summed E-state index contributed by atoms with van der Waals surface area (Å²) in [4.78, 5) is 12.5. The van der Waals surface area contributed by atoms with E-state index in [1.165, 1.54) is 0 Å². The predicted molar refractivity (Wildman–Crippen MR) is 116 cm³/mol. The number of nitrogens with one attached hydrogen (secondary N) is 1. The van der Waals surface area contributed by atoms with E-state index in [2.05, 4.69) is 5.32 Å². The number of benzene rings is 2. The number of aliphatic hydroxyl groups excluding tert-OH is 1. The summed E-state index contributed by atoms with van der Waals surface area (Å²) in [7, 11) is 0. The first-order valence-corrected chi connectivity index (χ1v) is 10.4. The van der Waals surface area contributed by atoms with Gasteiger partial charge in [0.05, 0.1) is 38.1 Å². The standard InChI is InChI=1S/C24H33NO5/c1-18(26)15-30-19(2)16-29-17-22(14-21-8-11-23(27)12-9-21)25-24(28)13-10-20-6-4-3-5-7-20/h3-9,11-12,18-19,22,26-27H,10,13-17H2,1-2H3,(H,25,28)/t18-,19-,22?/m1/s1. The number of phenols is 1. The Kier molecular flexibility index (Phi) is 10.3. The van der Waals surface area contributed by atoms with Gasteiger partial charge in [-0.3, -0.25) is 4.79 Å². The number of rotatable bonds is 13. The molecule has 0 aliphatic rings. The summed E-state index contributed by atoms with van der Waals surface area (Å²) < 4.78 is 11.3. The molecule has 6 nitrogen and oxygen atoms in total. The predicted octanol–water partition coefficient (Wildman–Crippen LogP) is 2.85. The summed E-state index contributed by atoms with van der Waals surface area (Å²) in [6.45, 7) is 4.54. The van der Waals surface area contributed by atoms with E-state index < -0.39 is 6.10 Å². The molecule has 0 aromatic heterocycles. The van der Waals surface area contributed by atoms with E-state index in [-0.39, 0.29) is 30.4 Å². The number of ether oxygens (including phenoxy) is 2. The van der Waals surface area contributed by atoms with E-state index in [0.29, 0.717) is 32.5 Å². The molecule has 2 aromatic carbocycles. The van der Waals surface area contributed by atoms with E-state index in [1.54, 1.807) is 19.1 Å². The van der Waals surface area contributed by atoms with Crippen LogP contribution in [0.2, 0.25) is 0 Å². The largest absolute Gasteiger partial charge is 0.508 e. The molecule has 0 bridgehead atoms. The van der Waals surface area contributed by atoms with Crippen LogP contribution in [-0.4, -0.2) is 54.2 Å². The zero-order chi connectivity index (χ0) is 21.8. The first-order valence-electron chi connectivity index (χ1n) is 10.4. The lowest BCUT2D eigenvalue weighted by Gasteiger charge is -2.21. The van der Waals surface area contributed by atoms with Gasteiger partial charge in [0.1, 0.15) is 5.75 Å². The van der Waals surface area contributed by atoms with Crippen LogP contribution >= 0.6 is 0 Å². The van der Waals surface area contributed by atoms with E-state index in [9.17, 15) is 15.0 Å². The van der Waals surface area contributed by atoms with Gasteiger partial charge in [0.25, 0.3) is 0 Å². The van der Waals surface area contributed by atoms with Gasteiger partial charge in [0.2, 0.25) is 5.91 Å². The van der Waals surface area contributed by atoms with Gasteiger partial charge in [-0.15, -0.1) is 0 Å². The first kappa shape index (κ1) is 23.9. The SMILES string of the molecule is C[C@H](COCC(Cc1ccc(O)cc1)NC(=O)CCc1ccccc1)OC[C@@H](C)O. The van der Waals surface area contributed by atoms with Crippen molar-refractivity contribution in [3.05, 3.63) is 65.7 Å². The molecule has 2 aromatic rings. The fourth-order valence-electron chi connectivity index (χ4n) is 3.00. The molecule has 6 heteroatoms. The Morgan fingerprint density at radius 2 is 1.67 bits per heavy atom. The fraction of sp³-hybridized carbons (Fsp3) is 0.458. The third-order valence-electron chi connectivity index (χ3n) is 4.56. The molecule has 3 N–H and O–H groups in total. The van der Waals surface area contributed by atoms with Crippen LogP contribution in [0.3, 0.4) is 0 Å². The van der Waals surface area contributed by atoms with Crippen molar-refractivity contribution in [1.29, 1.82) is 0 Å². The van der Waals surface area contributed by atoms with Crippen LogP contribution in [0.5, 0.6) is 5.75 Å². The molecule has 164 valence electrons. The molecular weight excluding hydrogens is 382 g/mol. The van der Waals surface area contributed by atoms with Crippen molar-refractivity contribution in [3.8, 4) is 5.75 Å².